The van der Waals surface area contributed by atoms with Crippen molar-refractivity contribution in [3.63, 3.8) is 0 Å². The van der Waals surface area contributed by atoms with Gasteiger partial charge in [0.05, 0.1) is 10.6 Å². The Kier molecular flexibility index (Phi) is 9.04. The lowest BCUT2D eigenvalue weighted by Crippen LogP contribution is -2.52. The van der Waals surface area contributed by atoms with E-state index in [4.69, 9.17) is 11.6 Å². The van der Waals surface area contributed by atoms with Gasteiger partial charge in [-0.05, 0) is 73.6 Å². The minimum Gasteiger partial charge on any atom is -0.375 e. The molecular weight excluding hydrogens is 498 g/mol. The SMILES string of the molecule is CC(C)C(O)(C(=O)N1CCC(CC2CCN(c3ccc(C(=O)N(C)C)c(Cl)c3)CC2)CC1)c1ccccc1. The van der Waals surface area contributed by atoms with Crippen LogP contribution in [0, 0.1) is 17.8 Å². The maximum atomic E-state index is 13.5. The molecule has 2 fully saturated rings. The van der Waals surface area contributed by atoms with E-state index in [1.807, 2.05) is 67.3 Å². The summed E-state index contributed by atoms with van der Waals surface area (Å²) >= 11 is 6.44. The second kappa shape index (κ2) is 12.1. The van der Waals surface area contributed by atoms with Crippen molar-refractivity contribution in [1.82, 2.24) is 9.80 Å². The Morgan fingerprint density at radius 3 is 2.08 bits per heavy atom. The third kappa shape index (κ3) is 6.02. The smallest absolute Gasteiger partial charge is 0.259 e. The number of benzene rings is 2. The second-order valence-electron chi connectivity index (χ2n) is 11.6. The number of carbonyl (C=O) groups excluding carboxylic acids is 2. The summed E-state index contributed by atoms with van der Waals surface area (Å²) in [6, 6.07) is 15.1. The highest BCUT2D eigenvalue weighted by molar-refractivity contribution is 6.34. The summed E-state index contributed by atoms with van der Waals surface area (Å²) < 4.78 is 0. The number of halogens is 1. The standard InChI is InChI=1S/C31H42ClN3O3/c1-22(2)31(38,25-8-6-5-7-9-25)30(37)35-18-14-24(15-19-35)20-23-12-16-34(17-13-23)26-10-11-27(28(32)21-26)29(36)33(3)4/h5-11,21-24,38H,12-20H2,1-4H3. The van der Waals surface area contributed by atoms with Gasteiger partial charge in [0, 0.05) is 46.0 Å². The highest BCUT2D eigenvalue weighted by atomic mass is 35.5. The van der Waals surface area contributed by atoms with E-state index in [2.05, 4.69) is 4.90 Å². The van der Waals surface area contributed by atoms with Gasteiger partial charge in [-0.15, -0.1) is 0 Å². The molecule has 4 rings (SSSR count). The molecule has 0 bridgehead atoms. The third-order valence-corrected chi connectivity index (χ3v) is 8.83. The summed E-state index contributed by atoms with van der Waals surface area (Å²) in [7, 11) is 3.46. The zero-order valence-electron chi connectivity index (χ0n) is 23.2. The summed E-state index contributed by atoms with van der Waals surface area (Å²) in [5.74, 6) is 0.843. The van der Waals surface area contributed by atoms with E-state index in [0.717, 1.165) is 44.5 Å². The number of anilines is 1. The first kappa shape index (κ1) is 28.4. The monoisotopic (exact) mass is 539 g/mol. The molecule has 38 heavy (non-hydrogen) atoms. The van der Waals surface area contributed by atoms with Crippen LogP contribution in [0.5, 0.6) is 0 Å². The fourth-order valence-corrected chi connectivity index (χ4v) is 6.28. The van der Waals surface area contributed by atoms with Crippen LogP contribution >= 0.6 is 11.6 Å². The van der Waals surface area contributed by atoms with E-state index in [1.54, 1.807) is 19.0 Å². The van der Waals surface area contributed by atoms with Crippen LogP contribution in [0.3, 0.4) is 0 Å². The Morgan fingerprint density at radius 1 is 0.974 bits per heavy atom. The first-order valence-electron chi connectivity index (χ1n) is 13.9. The summed E-state index contributed by atoms with van der Waals surface area (Å²) in [4.78, 5) is 31.5. The molecule has 2 aliphatic rings. The lowest BCUT2D eigenvalue weighted by atomic mass is 9.80. The van der Waals surface area contributed by atoms with E-state index >= 15 is 0 Å². The average molecular weight is 540 g/mol. The van der Waals surface area contributed by atoms with Gasteiger partial charge in [0.2, 0.25) is 0 Å². The highest BCUT2D eigenvalue weighted by Gasteiger charge is 2.44. The van der Waals surface area contributed by atoms with Gasteiger partial charge in [-0.3, -0.25) is 9.59 Å². The van der Waals surface area contributed by atoms with E-state index in [-0.39, 0.29) is 17.7 Å². The number of aliphatic hydroxyl groups is 1. The number of piperidine rings is 2. The van der Waals surface area contributed by atoms with Crippen molar-refractivity contribution >= 4 is 29.1 Å². The van der Waals surface area contributed by atoms with Gasteiger partial charge in [-0.2, -0.15) is 0 Å². The summed E-state index contributed by atoms with van der Waals surface area (Å²) in [6.07, 6.45) is 5.45. The third-order valence-electron chi connectivity index (χ3n) is 8.51. The topological polar surface area (TPSA) is 64.1 Å². The molecule has 2 heterocycles. The Balaban J connectivity index is 1.27. The molecule has 0 aliphatic carbocycles. The van der Waals surface area contributed by atoms with Gasteiger partial charge in [0.15, 0.2) is 5.60 Å². The number of rotatable bonds is 7. The number of nitrogens with zero attached hydrogens (tertiary/aromatic N) is 3. The molecule has 0 aromatic heterocycles. The van der Waals surface area contributed by atoms with Crippen molar-refractivity contribution in [3.05, 3.63) is 64.7 Å². The van der Waals surface area contributed by atoms with E-state index < -0.39 is 5.60 Å². The van der Waals surface area contributed by atoms with E-state index in [1.165, 1.54) is 6.42 Å². The molecule has 1 N–H and O–H groups in total. The fourth-order valence-electron chi connectivity index (χ4n) is 6.02. The average Bonchev–Trinajstić information content (AvgIpc) is 2.93. The van der Waals surface area contributed by atoms with Gasteiger partial charge >= 0.3 is 0 Å². The predicted octanol–water partition coefficient (Wildman–Crippen LogP) is 5.43. The second-order valence-corrected chi connectivity index (χ2v) is 12.0. The van der Waals surface area contributed by atoms with Crippen molar-refractivity contribution < 1.29 is 14.7 Å². The number of hydrogen-bond acceptors (Lipinski definition) is 4. The fraction of sp³-hybridized carbons (Fsp3) is 0.548. The summed E-state index contributed by atoms with van der Waals surface area (Å²) in [6.45, 7) is 7.21. The van der Waals surface area contributed by atoms with E-state index in [9.17, 15) is 14.7 Å². The zero-order valence-corrected chi connectivity index (χ0v) is 24.0. The van der Waals surface area contributed by atoms with Gasteiger partial charge in [0.1, 0.15) is 0 Å². The maximum absolute atomic E-state index is 13.5. The predicted molar refractivity (Wildman–Crippen MR) is 154 cm³/mol. The van der Waals surface area contributed by atoms with Gasteiger partial charge < -0.3 is 19.8 Å². The number of hydrogen-bond donors (Lipinski definition) is 1. The Hall–Kier alpha value is -2.57. The van der Waals surface area contributed by atoms with Crippen LogP contribution in [0.4, 0.5) is 5.69 Å². The van der Waals surface area contributed by atoms with Crippen molar-refractivity contribution in [2.24, 2.45) is 17.8 Å². The van der Waals surface area contributed by atoms with Crippen LogP contribution in [0.2, 0.25) is 5.02 Å². The lowest BCUT2D eigenvalue weighted by molar-refractivity contribution is -0.159. The van der Waals surface area contributed by atoms with Crippen LogP contribution in [0.25, 0.3) is 0 Å². The first-order valence-corrected chi connectivity index (χ1v) is 14.3. The van der Waals surface area contributed by atoms with Gasteiger partial charge in [-0.1, -0.05) is 55.8 Å². The van der Waals surface area contributed by atoms with Crippen LogP contribution < -0.4 is 4.90 Å². The number of likely N-dealkylation sites (tertiary alicyclic amines) is 1. The molecule has 1 atom stereocenters. The highest BCUT2D eigenvalue weighted by Crippen LogP contribution is 2.36. The summed E-state index contributed by atoms with van der Waals surface area (Å²) in [5, 5.41) is 12.0. The lowest BCUT2D eigenvalue weighted by Gasteiger charge is -2.41. The minimum atomic E-state index is -1.48. The van der Waals surface area contributed by atoms with Crippen molar-refractivity contribution in [3.8, 4) is 0 Å². The first-order chi connectivity index (χ1) is 18.1. The summed E-state index contributed by atoms with van der Waals surface area (Å²) in [5.41, 5.74) is 0.804. The molecule has 7 heteroatoms. The largest absolute Gasteiger partial charge is 0.375 e. The zero-order chi connectivity index (χ0) is 27.4. The van der Waals surface area contributed by atoms with Gasteiger partial charge in [0.25, 0.3) is 11.8 Å². The molecule has 2 saturated heterocycles. The molecule has 2 aliphatic heterocycles. The maximum Gasteiger partial charge on any atom is 0.259 e. The Morgan fingerprint density at radius 2 is 1.55 bits per heavy atom. The minimum absolute atomic E-state index is 0.0815. The molecule has 1 unspecified atom stereocenters. The van der Waals surface area contributed by atoms with Crippen LogP contribution in [-0.2, 0) is 10.4 Å². The Labute approximate surface area is 232 Å². The van der Waals surface area contributed by atoms with Crippen LogP contribution in [-0.4, -0.2) is 67.0 Å². The van der Waals surface area contributed by atoms with Crippen molar-refractivity contribution in [2.45, 2.75) is 51.6 Å². The Bertz CT molecular complexity index is 1110. The van der Waals surface area contributed by atoms with Crippen LogP contribution in [0.1, 0.15) is 61.9 Å². The molecule has 206 valence electrons. The number of carbonyl (C=O) groups is 2. The normalized spacial score (nSPS) is 18.9. The molecule has 2 amide bonds. The molecule has 6 nitrogen and oxygen atoms in total. The quantitative estimate of drug-likeness (QED) is 0.509. The van der Waals surface area contributed by atoms with E-state index in [0.29, 0.717) is 41.1 Å². The van der Waals surface area contributed by atoms with Crippen molar-refractivity contribution in [2.75, 3.05) is 45.2 Å². The van der Waals surface area contributed by atoms with Gasteiger partial charge in [-0.25, -0.2) is 0 Å². The van der Waals surface area contributed by atoms with Crippen LogP contribution in [0.15, 0.2) is 48.5 Å². The molecule has 0 radical (unpaired) electrons. The molecule has 0 spiro atoms. The molecule has 2 aromatic rings. The molecule has 0 saturated carbocycles. The molecule has 2 aromatic carbocycles. The molecular formula is C31H42ClN3O3. The number of amides is 2. The van der Waals surface area contributed by atoms with Crippen molar-refractivity contribution in [1.29, 1.82) is 0 Å².